The third kappa shape index (κ3) is 2.46. The maximum atomic E-state index is 13.6. The summed E-state index contributed by atoms with van der Waals surface area (Å²) < 4.78 is 42.1. The molecule has 0 aliphatic carbocycles. The van der Waals surface area contributed by atoms with Gasteiger partial charge in [0.2, 0.25) is 0 Å². The highest BCUT2D eigenvalue weighted by atomic mass is 32.2. The standard InChI is InChI=1S/C14H13FN4O2S/c1-2-17-19-12-9-10(15)6-7-13(12)22(20,21)18-14(19)11-5-3-4-8-16-11/h3-9,17H,2H2,1H3. The number of nitrogens with one attached hydrogen (secondary N) is 1. The fraction of sp³-hybridized carbons (Fsp3) is 0.143. The third-order valence-corrected chi connectivity index (χ3v) is 4.38. The van der Waals surface area contributed by atoms with Crippen LogP contribution in [0.5, 0.6) is 0 Å². The zero-order valence-corrected chi connectivity index (χ0v) is 12.5. The highest BCUT2D eigenvalue weighted by Gasteiger charge is 2.32. The first-order chi connectivity index (χ1) is 10.5. The molecule has 1 aromatic carbocycles. The molecule has 0 unspecified atom stereocenters. The predicted molar refractivity (Wildman–Crippen MR) is 80.5 cm³/mol. The number of fused-ring (bicyclic) bond motifs is 1. The Kier molecular flexibility index (Phi) is 3.63. The van der Waals surface area contributed by atoms with Gasteiger partial charge in [0, 0.05) is 18.8 Å². The van der Waals surface area contributed by atoms with E-state index >= 15 is 0 Å². The first kappa shape index (κ1) is 14.6. The van der Waals surface area contributed by atoms with Crippen LogP contribution >= 0.6 is 0 Å². The van der Waals surface area contributed by atoms with Crippen LogP contribution in [0.1, 0.15) is 12.6 Å². The van der Waals surface area contributed by atoms with E-state index in [1.807, 2.05) is 6.92 Å². The van der Waals surface area contributed by atoms with Crippen LogP contribution in [0.3, 0.4) is 0 Å². The van der Waals surface area contributed by atoms with Crippen LogP contribution in [-0.4, -0.2) is 25.8 Å². The van der Waals surface area contributed by atoms with E-state index in [0.29, 0.717) is 12.2 Å². The Morgan fingerprint density at radius 3 is 2.77 bits per heavy atom. The highest BCUT2D eigenvalue weighted by molar-refractivity contribution is 7.90. The average molecular weight is 320 g/mol. The summed E-state index contributed by atoms with van der Waals surface area (Å²) in [5.74, 6) is -0.417. The molecule has 6 nitrogen and oxygen atoms in total. The maximum Gasteiger partial charge on any atom is 0.286 e. The molecule has 1 aromatic heterocycles. The van der Waals surface area contributed by atoms with Gasteiger partial charge in [-0.3, -0.25) is 9.99 Å². The van der Waals surface area contributed by atoms with Crippen LogP contribution in [0.25, 0.3) is 0 Å². The van der Waals surface area contributed by atoms with Crippen molar-refractivity contribution in [2.24, 2.45) is 4.40 Å². The fourth-order valence-corrected chi connectivity index (χ4v) is 3.33. The smallest absolute Gasteiger partial charge is 0.256 e. The van der Waals surface area contributed by atoms with Crippen molar-refractivity contribution in [2.75, 3.05) is 11.6 Å². The van der Waals surface area contributed by atoms with Gasteiger partial charge in [0.05, 0.1) is 5.69 Å². The molecule has 2 heterocycles. The number of halogens is 1. The van der Waals surface area contributed by atoms with E-state index in [1.165, 1.54) is 17.3 Å². The Morgan fingerprint density at radius 2 is 2.09 bits per heavy atom. The van der Waals surface area contributed by atoms with Gasteiger partial charge in [0.15, 0.2) is 5.84 Å². The van der Waals surface area contributed by atoms with Crippen LogP contribution in [0.2, 0.25) is 0 Å². The lowest BCUT2D eigenvalue weighted by atomic mass is 10.2. The van der Waals surface area contributed by atoms with E-state index in [9.17, 15) is 12.8 Å². The largest absolute Gasteiger partial charge is 0.286 e. The normalized spacial score (nSPS) is 16.1. The molecular formula is C14H13FN4O2S. The summed E-state index contributed by atoms with van der Waals surface area (Å²) in [5.41, 5.74) is 3.55. The monoisotopic (exact) mass is 320 g/mol. The van der Waals surface area contributed by atoms with Crippen molar-refractivity contribution < 1.29 is 12.8 Å². The molecular weight excluding hydrogens is 307 g/mol. The van der Waals surface area contributed by atoms with Crippen LogP contribution in [-0.2, 0) is 10.0 Å². The SMILES string of the molecule is CCNN1C(c2ccccn2)=NS(=O)(=O)c2ccc(F)cc21. The zero-order chi connectivity index (χ0) is 15.7. The molecule has 114 valence electrons. The number of sulfonamides is 1. The van der Waals surface area contributed by atoms with E-state index in [4.69, 9.17) is 0 Å². The molecule has 1 N–H and O–H groups in total. The van der Waals surface area contributed by atoms with Gasteiger partial charge in [0.1, 0.15) is 16.4 Å². The van der Waals surface area contributed by atoms with Gasteiger partial charge in [-0.25, -0.2) is 9.82 Å². The predicted octanol–water partition coefficient (Wildman–Crippen LogP) is 1.70. The summed E-state index contributed by atoms with van der Waals surface area (Å²) in [5, 5.41) is 1.45. The minimum Gasteiger partial charge on any atom is -0.256 e. The molecule has 0 saturated heterocycles. The van der Waals surface area contributed by atoms with Crippen molar-refractivity contribution in [1.82, 2.24) is 10.4 Å². The molecule has 1 aliphatic rings. The van der Waals surface area contributed by atoms with E-state index < -0.39 is 15.8 Å². The Morgan fingerprint density at radius 1 is 1.27 bits per heavy atom. The second-order valence-corrected chi connectivity index (χ2v) is 6.14. The molecule has 0 spiro atoms. The number of amidine groups is 1. The molecule has 1 aliphatic heterocycles. The number of rotatable bonds is 3. The lowest BCUT2D eigenvalue weighted by molar-refractivity contribution is 0.593. The van der Waals surface area contributed by atoms with E-state index in [-0.39, 0.29) is 16.4 Å². The lowest BCUT2D eigenvalue weighted by Gasteiger charge is -2.30. The van der Waals surface area contributed by atoms with Crippen molar-refractivity contribution in [2.45, 2.75) is 11.8 Å². The minimum absolute atomic E-state index is 0.0467. The molecule has 0 radical (unpaired) electrons. The van der Waals surface area contributed by atoms with E-state index in [2.05, 4.69) is 14.8 Å². The van der Waals surface area contributed by atoms with Crippen LogP contribution in [0.4, 0.5) is 10.1 Å². The molecule has 2 aromatic rings. The van der Waals surface area contributed by atoms with Crippen molar-refractivity contribution in [3.8, 4) is 0 Å². The zero-order valence-electron chi connectivity index (χ0n) is 11.7. The van der Waals surface area contributed by atoms with Gasteiger partial charge in [-0.15, -0.1) is 4.40 Å². The Bertz CT molecular complexity index is 837. The molecule has 0 amide bonds. The van der Waals surface area contributed by atoms with Gasteiger partial charge < -0.3 is 0 Å². The van der Waals surface area contributed by atoms with Crippen molar-refractivity contribution in [3.63, 3.8) is 0 Å². The minimum atomic E-state index is -3.91. The number of aromatic nitrogens is 1. The van der Waals surface area contributed by atoms with Gasteiger partial charge in [-0.2, -0.15) is 8.42 Å². The van der Waals surface area contributed by atoms with Gasteiger partial charge >= 0.3 is 0 Å². The second kappa shape index (κ2) is 5.47. The Labute approximate surface area is 127 Å². The lowest BCUT2D eigenvalue weighted by Crippen LogP contribution is -2.46. The van der Waals surface area contributed by atoms with Crippen LogP contribution in [0.15, 0.2) is 51.9 Å². The van der Waals surface area contributed by atoms with Gasteiger partial charge in [0.25, 0.3) is 10.0 Å². The number of hydrazine groups is 1. The summed E-state index contributed by atoms with van der Waals surface area (Å²) in [4.78, 5) is 4.08. The third-order valence-electron chi connectivity index (χ3n) is 3.07. The van der Waals surface area contributed by atoms with Gasteiger partial charge in [-0.1, -0.05) is 13.0 Å². The Balaban J connectivity index is 2.24. The Hall–Kier alpha value is -2.32. The number of hydrogen-bond acceptors (Lipinski definition) is 5. The first-order valence-electron chi connectivity index (χ1n) is 6.62. The number of anilines is 1. The quantitative estimate of drug-likeness (QED) is 0.932. The molecule has 8 heteroatoms. The average Bonchev–Trinajstić information content (AvgIpc) is 2.50. The molecule has 0 fully saturated rings. The summed E-state index contributed by atoms with van der Waals surface area (Å²) in [6.07, 6.45) is 1.54. The number of pyridine rings is 1. The van der Waals surface area contributed by atoms with Crippen LogP contribution < -0.4 is 10.4 Å². The molecule has 3 rings (SSSR count). The van der Waals surface area contributed by atoms with E-state index in [1.54, 1.807) is 18.2 Å². The summed E-state index contributed by atoms with van der Waals surface area (Å²) in [7, 11) is -3.91. The van der Waals surface area contributed by atoms with Crippen molar-refractivity contribution >= 4 is 21.5 Å². The van der Waals surface area contributed by atoms with Crippen LogP contribution in [0, 0.1) is 5.82 Å². The van der Waals surface area contributed by atoms with Crippen molar-refractivity contribution in [3.05, 3.63) is 54.1 Å². The second-order valence-electron chi connectivity index (χ2n) is 4.56. The molecule has 0 saturated carbocycles. The van der Waals surface area contributed by atoms with E-state index in [0.717, 1.165) is 12.1 Å². The molecule has 0 bridgehead atoms. The molecule has 22 heavy (non-hydrogen) atoms. The first-order valence-corrected chi connectivity index (χ1v) is 8.06. The topological polar surface area (TPSA) is 74.7 Å². The fourth-order valence-electron chi connectivity index (χ4n) is 2.18. The van der Waals surface area contributed by atoms with Gasteiger partial charge in [-0.05, 0) is 24.3 Å². The maximum absolute atomic E-state index is 13.6. The number of hydrogen-bond donors (Lipinski definition) is 1. The summed E-state index contributed by atoms with van der Waals surface area (Å²) >= 11 is 0. The summed E-state index contributed by atoms with van der Waals surface area (Å²) in [6, 6.07) is 8.55. The number of benzene rings is 1. The molecule has 0 atom stereocenters. The summed E-state index contributed by atoms with van der Waals surface area (Å²) in [6.45, 7) is 2.35. The van der Waals surface area contributed by atoms with Crippen molar-refractivity contribution in [1.29, 1.82) is 0 Å². The number of nitrogens with zero attached hydrogens (tertiary/aromatic N) is 3. The highest BCUT2D eigenvalue weighted by Crippen LogP contribution is 2.32.